The van der Waals surface area contributed by atoms with Gasteiger partial charge in [0.2, 0.25) is 11.8 Å². The number of halogens is 2. The van der Waals surface area contributed by atoms with Crippen LogP contribution in [0.3, 0.4) is 0 Å². The molecule has 0 aliphatic heterocycles. The van der Waals surface area contributed by atoms with Crippen molar-refractivity contribution in [2.45, 2.75) is 38.8 Å². The number of nitrogens with zero attached hydrogens (tertiary/aromatic N) is 1. The molecule has 0 spiro atoms. The summed E-state index contributed by atoms with van der Waals surface area (Å²) in [5.41, 5.74) is 2.49. The van der Waals surface area contributed by atoms with Crippen LogP contribution in [-0.4, -0.2) is 36.4 Å². The van der Waals surface area contributed by atoms with E-state index in [-0.39, 0.29) is 24.8 Å². The first-order valence-electron chi connectivity index (χ1n) is 11.6. The molecule has 184 valence electrons. The second kappa shape index (κ2) is 13.2. The fourth-order valence-electron chi connectivity index (χ4n) is 3.82. The summed E-state index contributed by atoms with van der Waals surface area (Å²) in [6.07, 6.45) is 1.24. The third-order valence-electron chi connectivity index (χ3n) is 5.66. The number of hydrogen-bond acceptors (Lipinski definition) is 3. The highest BCUT2D eigenvalue weighted by Crippen LogP contribution is 2.24. The number of carbonyl (C=O) groups excluding carboxylic acids is 2. The molecule has 3 rings (SSSR count). The van der Waals surface area contributed by atoms with E-state index >= 15 is 0 Å². The van der Waals surface area contributed by atoms with Crippen LogP contribution in [0.15, 0.2) is 72.8 Å². The van der Waals surface area contributed by atoms with E-state index in [1.54, 1.807) is 30.2 Å². The molecule has 35 heavy (non-hydrogen) atoms. The van der Waals surface area contributed by atoms with Gasteiger partial charge in [-0.25, -0.2) is 0 Å². The molecule has 0 aliphatic carbocycles. The van der Waals surface area contributed by atoms with Crippen molar-refractivity contribution in [2.24, 2.45) is 0 Å². The van der Waals surface area contributed by atoms with E-state index in [0.717, 1.165) is 17.5 Å². The van der Waals surface area contributed by atoms with Gasteiger partial charge in [0.15, 0.2) is 0 Å². The van der Waals surface area contributed by atoms with Gasteiger partial charge in [-0.05, 0) is 47.4 Å². The van der Waals surface area contributed by atoms with E-state index in [0.29, 0.717) is 34.3 Å². The highest BCUT2D eigenvalue weighted by Gasteiger charge is 2.30. The van der Waals surface area contributed by atoms with Crippen molar-refractivity contribution in [3.8, 4) is 5.75 Å². The molecule has 1 N–H and O–H groups in total. The van der Waals surface area contributed by atoms with Gasteiger partial charge in [-0.1, -0.05) is 78.7 Å². The van der Waals surface area contributed by atoms with Crippen molar-refractivity contribution in [1.82, 2.24) is 10.2 Å². The molecule has 0 saturated heterocycles. The molecular weight excluding hydrogens is 483 g/mol. The molecule has 0 aromatic heterocycles. The lowest BCUT2D eigenvalue weighted by Crippen LogP contribution is -2.51. The molecule has 0 bridgehead atoms. The van der Waals surface area contributed by atoms with Crippen LogP contribution in [0.25, 0.3) is 0 Å². The van der Waals surface area contributed by atoms with Crippen LogP contribution in [0.4, 0.5) is 0 Å². The van der Waals surface area contributed by atoms with E-state index in [2.05, 4.69) is 5.32 Å². The van der Waals surface area contributed by atoms with Crippen molar-refractivity contribution >= 4 is 35.0 Å². The molecule has 3 aromatic carbocycles. The Bertz CT molecular complexity index is 1140. The van der Waals surface area contributed by atoms with Crippen molar-refractivity contribution in [1.29, 1.82) is 0 Å². The van der Waals surface area contributed by atoms with E-state index in [1.807, 2.05) is 61.5 Å². The summed E-state index contributed by atoms with van der Waals surface area (Å²) in [6.45, 7) is 2.78. The quantitative estimate of drug-likeness (QED) is 0.357. The number of amides is 2. The Morgan fingerprint density at radius 2 is 1.71 bits per heavy atom. The minimum atomic E-state index is -0.700. The molecule has 5 nitrogen and oxygen atoms in total. The molecule has 2 amide bonds. The fraction of sp³-hybridized carbons (Fsp3) is 0.286. The summed E-state index contributed by atoms with van der Waals surface area (Å²) < 4.78 is 5.36. The molecule has 3 aromatic rings. The monoisotopic (exact) mass is 512 g/mol. The number of ether oxygens (including phenoxy) is 1. The topological polar surface area (TPSA) is 58.6 Å². The number of methoxy groups -OCH3 is 1. The van der Waals surface area contributed by atoms with Crippen LogP contribution in [0.5, 0.6) is 5.75 Å². The zero-order valence-electron chi connectivity index (χ0n) is 20.0. The smallest absolute Gasteiger partial charge is 0.243 e. The largest absolute Gasteiger partial charge is 0.497 e. The van der Waals surface area contributed by atoms with E-state index in [9.17, 15) is 9.59 Å². The Balaban J connectivity index is 1.98. The molecule has 0 saturated carbocycles. The summed E-state index contributed by atoms with van der Waals surface area (Å²) in [5.74, 6) is 0.296. The predicted molar refractivity (Wildman–Crippen MR) is 141 cm³/mol. The van der Waals surface area contributed by atoms with E-state index in [1.165, 1.54) is 0 Å². The predicted octanol–water partition coefficient (Wildman–Crippen LogP) is 5.71. The summed E-state index contributed by atoms with van der Waals surface area (Å²) >= 11 is 12.4. The van der Waals surface area contributed by atoms with Crippen LogP contribution in [0.2, 0.25) is 10.0 Å². The van der Waals surface area contributed by atoms with Gasteiger partial charge in [-0.3, -0.25) is 9.59 Å². The van der Waals surface area contributed by atoms with Gasteiger partial charge < -0.3 is 15.0 Å². The number of rotatable bonds is 11. The van der Waals surface area contributed by atoms with Crippen LogP contribution in [0.1, 0.15) is 30.0 Å². The lowest BCUT2D eigenvalue weighted by atomic mass is 10.0. The zero-order chi connectivity index (χ0) is 25.2. The number of benzene rings is 3. The third-order valence-corrected chi connectivity index (χ3v) is 6.25. The van der Waals surface area contributed by atoms with Gasteiger partial charge in [0.05, 0.1) is 13.5 Å². The normalized spacial score (nSPS) is 11.5. The first-order chi connectivity index (χ1) is 16.9. The van der Waals surface area contributed by atoms with Crippen molar-refractivity contribution in [3.05, 3.63) is 99.5 Å². The van der Waals surface area contributed by atoms with Gasteiger partial charge in [0.25, 0.3) is 0 Å². The summed E-state index contributed by atoms with van der Waals surface area (Å²) in [7, 11) is 1.60. The summed E-state index contributed by atoms with van der Waals surface area (Å²) in [5, 5.41) is 3.90. The standard InChI is InChI=1S/C28H30Cl2N2O3/c1-3-14-31-28(34)26(16-20-8-5-4-6-9-20)32(19-21-10-7-11-24(15-21)35-2)27(33)17-22-12-13-23(29)18-25(22)30/h4-13,15,18,26H,3,14,16-17,19H2,1-2H3,(H,31,34). The molecule has 1 atom stereocenters. The van der Waals surface area contributed by atoms with Crippen LogP contribution < -0.4 is 10.1 Å². The van der Waals surface area contributed by atoms with Crippen LogP contribution >= 0.6 is 23.2 Å². The Morgan fingerprint density at radius 1 is 0.971 bits per heavy atom. The molecule has 7 heteroatoms. The molecule has 1 unspecified atom stereocenters. The number of nitrogens with one attached hydrogen (secondary N) is 1. The summed E-state index contributed by atoms with van der Waals surface area (Å²) in [6, 6.07) is 21.6. The minimum absolute atomic E-state index is 0.0479. The van der Waals surface area contributed by atoms with Crippen LogP contribution in [0, 0.1) is 0 Å². The van der Waals surface area contributed by atoms with Gasteiger partial charge in [-0.2, -0.15) is 0 Å². The summed E-state index contributed by atoms with van der Waals surface area (Å²) in [4.78, 5) is 28.7. The van der Waals surface area contributed by atoms with E-state index in [4.69, 9.17) is 27.9 Å². The molecular formula is C28H30Cl2N2O3. The van der Waals surface area contributed by atoms with Crippen molar-refractivity contribution in [2.75, 3.05) is 13.7 Å². The second-order valence-electron chi connectivity index (χ2n) is 8.28. The van der Waals surface area contributed by atoms with Gasteiger partial charge >= 0.3 is 0 Å². The lowest BCUT2D eigenvalue weighted by Gasteiger charge is -2.32. The Hall–Kier alpha value is -3.02. The second-order valence-corrected chi connectivity index (χ2v) is 9.13. The zero-order valence-corrected chi connectivity index (χ0v) is 21.5. The highest BCUT2D eigenvalue weighted by molar-refractivity contribution is 6.35. The van der Waals surface area contributed by atoms with E-state index < -0.39 is 6.04 Å². The number of hydrogen-bond donors (Lipinski definition) is 1. The van der Waals surface area contributed by atoms with Crippen molar-refractivity contribution < 1.29 is 14.3 Å². The van der Waals surface area contributed by atoms with Crippen molar-refractivity contribution in [3.63, 3.8) is 0 Å². The molecule has 0 heterocycles. The minimum Gasteiger partial charge on any atom is -0.497 e. The first-order valence-corrected chi connectivity index (χ1v) is 12.3. The maximum atomic E-state index is 13.7. The maximum absolute atomic E-state index is 13.7. The molecule has 0 radical (unpaired) electrons. The van der Waals surface area contributed by atoms with Gasteiger partial charge in [0, 0.05) is 29.6 Å². The van der Waals surface area contributed by atoms with Crippen LogP contribution in [-0.2, 0) is 29.0 Å². The lowest BCUT2D eigenvalue weighted by molar-refractivity contribution is -0.140. The third kappa shape index (κ3) is 7.74. The first kappa shape index (κ1) is 26.6. The number of carbonyl (C=O) groups is 2. The molecule has 0 fully saturated rings. The highest BCUT2D eigenvalue weighted by atomic mass is 35.5. The Kier molecular flexibility index (Phi) is 10.0. The Labute approximate surface area is 217 Å². The molecule has 0 aliphatic rings. The van der Waals surface area contributed by atoms with Gasteiger partial charge in [0.1, 0.15) is 11.8 Å². The Morgan fingerprint density at radius 3 is 2.40 bits per heavy atom. The average molecular weight is 513 g/mol. The average Bonchev–Trinajstić information content (AvgIpc) is 2.87. The SMILES string of the molecule is CCCNC(=O)C(Cc1ccccc1)N(Cc1cccc(OC)c1)C(=O)Cc1ccc(Cl)cc1Cl. The maximum Gasteiger partial charge on any atom is 0.243 e. The fourth-order valence-corrected chi connectivity index (χ4v) is 4.29. The van der Waals surface area contributed by atoms with Gasteiger partial charge in [-0.15, -0.1) is 0 Å².